The number of hydrogen-bond donors (Lipinski definition) is 0. The van der Waals surface area contributed by atoms with Crippen molar-refractivity contribution < 1.29 is 18.8 Å². The van der Waals surface area contributed by atoms with E-state index < -0.39 is 10.7 Å². The van der Waals surface area contributed by atoms with Crippen LogP contribution in [0.1, 0.15) is 12.5 Å². The zero-order valence-electron chi connectivity index (χ0n) is 14.0. The number of carbonyl (C=O) groups excluding carboxylic acids is 1. The maximum Gasteiger partial charge on any atom is 0.312 e. The van der Waals surface area contributed by atoms with Crippen molar-refractivity contribution in [1.82, 2.24) is 4.90 Å². The van der Waals surface area contributed by atoms with Crippen molar-refractivity contribution in [2.24, 2.45) is 0 Å². The molecule has 0 unspecified atom stereocenters. The van der Waals surface area contributed by atoms with E-state index in [4.69, 9.17) is 17.0 Å². The van der Waals surface area contributed by atoms with Gasteiger partial charge in [-0.3, -0.25) is 19.8 Å². The molecule has 0 spiro atoms. The van der Waals surface area contributed by atoms with Crippen LogP contribution in [-0.4, -0.2) is 26.6 Å². The molecule has 2 aromatic rings. The number of thiocarbonyl (C=S) groups is 1. The van der Waals surface area contributed by atoms with E-state index in [0.717, 1.165) is 11.8 Å². The van der Waals surface area contributed by atoms with Crippen LogP contribution in [0.25, 0.3) is 6.08 Å². The molecule has 1 saturated heterocycles. The highest BCUT2D eigenvalue weighted by Crippen LogP contribution is 2.36. The predicted molar refractivity (Wildman–Crippen MR) is 105 cm³/mol. The van der Waals surface area contributed by atoms with Gasteiger partial charge >= 0.3 is 5.69 Å². The number of ether oxygens (including phenoxy) is 1. The largest absolute Gasteiger partial charge is 0.450 e. The lowest BCUT2D eigenvalue weighted by atomic mass is 10.1. The van der Waals surface area contributed by atoms with Crippen molar-refractivity contribution in [2.45, 2.75) is 6.92 Å². The third-order valence-corrected chi connectivity index (χ3v) is 5.09. The molecule has 27 heavy (non-hydrogen) atoms. The van der Waals surface area contributed by atoms with Crippen LogP contribution >= 0.6 is 24.0 Å². The minimum absolute atomic E-state index is 0.0184. The molecule has 0 bridgehead atoms. The minimum Gasteiger partial charge on any atom is -0.450 e. The van der Waals surface area contributed by atoms with Crippen LogP contribution in [0.2, 0.25) is 0 Å². The maximum atomic E-state index is 13.0. The Morgan fingerprint density at radius 2 is 2.00 bits per heavy atom. The molecule has 1 aliphatic heterocycles. The molecule has 0 aromatic heterocycles. The summed E-state index contributed by atoms with van der Waals surface area (Å²) in [6, 6.07) is 9.51. The number of benzene rings is 2. The number of halogens is 1. The maximum absolute atomic E-state index is 13.0. The molecule has 9 heteroatoms. The first-order valence-corrected chi connectivity index (χ1v) is 9.08. The number of likely N-dealkylation sites (N-methyl/N-ethyl adjacent to an activating group) is 1. The van der Waals surface area contributed by atoms with Gasteiger partial charge in [-0.25, -0.2) is 4.39 Å². The summed E-state index contributed by atoms with van der Waals surface area (Å²) in [6.07, 6.45) is 1.56. The first-order chi connectivity index (χ1) is 12.9. The lowest BCUT2D eigenvalue weighted by Crippen LogP contribution is -2.27. The van der Waals surface area contributed by atoms with Gasteiger partial charge in [0.05, 0.1) is 9.83 Å². The number of nitro benzene ring substituents is 1. The Morgan fingerprint density at radius 3 is 2.59 bits per heavy atom. The van der Waals surface area contributed by atoms with E-state index in [1.807, 2.05) is 6.92 Å². The Morgan fingerprint density at radius 1 is 1.30 bits per heavy atom. The molecule has 1 fully saturated rings. The number of rotatable bonds is 5. The first kappa shape index (κ1) is 19.0. The summed E-state index contributed by atoms with van der Waals surface area (Å²) in [7, 11) is 0. The summed E-state index contributed by atoms with van der Waals surface area (Å²) in [6.45, 7) is 2.28. The second-order valence-corrected chi connectivity index (χ2v) is 7.14. The van der Waals surface area contributed by atoms with Gasteiger partial charge in [0.2, 0.25) is 5.75 Å². The van der Waals surface area contributed by atoms with Gasteiger partial charge in [-0.1, -0.05) is 30.0 Å². The molecule has 1 heterocycles. The van der Waals surface area contributed by atoms with Crippen molar-refractivity contribution in [3.63, 3.8) is 0 Å². The second kappa shape index (κ2) is 7.85. The van der Waals surface area contributed by atoms with Gasteiger partial charge in [0.25, 0.3) is 5.91 Å². The molecular weight excluding hydrogens is 391 g/mol. The summed E-state index contributed by atoms with van der Waals surface area (Å²) in [5.74, 6) is -0.362. The van der Waals surface area contributed by atoms with Crippen molar-refractivity contribution in [3.05, 3.63) is 68.9 Å². The van der Waals surface area contributed by atoms with Crippen molar-refractivity contribution in [3.8, 4) is 11.5 Å². The topological polar surface area (TPSA) is 72.7 Å². The summed E-state index contributed by atoms with van der Waals surface area (Å²) in [5.41, 5.74) is 0.212. The van der Waals surface area contributed by atoms with Crippen LogP contribution in [0.5, 0.6) is 11.5 Å². The molecule has 138 valence electrons. The third kappa shape index (κ3) is 4.15. The van der Waals surface area contributed by atoms with Gasteiger partial charge in [-0.15, -0.1) is 0 Å². The normalized spacial score (nSPS) is 15.5. The third-order valence-electron chi connectivity index (χ3n) is 3.71. The molecule has 3 rings (SSSR count). The van der Waals surface area contributed by atoms with Gasteiger partial charge in [-0.2, -0.15) is 0 Å². The van der Waals surface area contributed by atoms with Gasteiger partial charge in [0.15, 0.2) is 0 Å². The average Bonchev–Trinajstić information content (AvgIpc) is 2.90. The quantitative estimate of drug-likeness (QED) is 0.310. The fraction of sp³-hybridized carbons (Fsp3) is 0.111. The molecule has 0 atom stereocenters. The van der Waals surface area contributed by atoms with Crippen molar-refractivity contribution in [1.29, 1.82) is 0 Å². The van der Waals surface area contributed by atoms with Crippen LogP contribution < -0.4 is 4.74 Å². The molecule has 0 saturated carbocycles. The number of nitrogens with zero attached hydrogens (tertiary/aromatic N) is 2. The number of thioether (sulfide) groups is 1. The monoisotopic (exact) mass is 404 g/mol. The second-order valence-electron chi connectivity index (χ2n) is 5.47. The van der Waals surface area contributed by atoms with Crippen LogP contribution in [0.15, 0.2) is 47.4 Å². The Balaban J connectivity index is 1.91. The van der Waals surface area contributed by atoms with Crippen LogP contribution in [0.3, 0.4) is 0 Å². The highest BCUT2D eigenvalue weighted by Gasteiger charge is 2.30. The zero-order valence-corrected chi connectivity index (χ0v) is 15.7. The molecule has 1 aliphatic rings. The van der Waals surface area contributed by atoms with Crippen LogP contribution in [0.4, 0.5) is 10.1 Å². The molecular formula is C18H13FN2O4S2. The van der Waals surface area contributed by atoms with E-state index in [9.17, 15) is 19.3 Å². The predicted octanol–water partition coefficient (Wildman–Crippen LogP) is 4.75. The summed E-state index contributed by atoms with van der Waals surface area (Å²) in [5, 5.41) is 11.4. The van der Waals surface area contributed by atoms with Gasteiger partial charge in [-0.05, 0) is 48.9 Å². The van der Waals surface area contributed by atoms with E-state index in [0.29, 0.717) is 21.3 Å². The first-order valence-electron chi connectivity index (χ1n) is 7.86. The van der Waals surface area contributed by atoms with Crippen LogP contribution in [0, 0.1) is 15.9 Å². The van der Waals surface area contributed by atoms with E-state index >= 15 is 0 Å². The van der Waals surface area contributed by atoms with Crippen molar-refractivity contribution >= 4 is 46.0 Å². The fourth-order valence-corrected chi connectivity index (χ4v) is 3.79. The fourth-order valence-electron chi connectivity index (χ4n) is 2.41. The molecule has 2 aromatic carbocycles. The Labute approximate surface area is 163 Å². The lowest BCUT2D eigenvalue weighted by Gasteiger charge is -2.09. The molecule has 0 radical (unpaired) electrons. The standard InChI is InChI=1S/C18H13FN2O4S2/c1-2-20-17(22)16(27-18(20)26)10-11-3-8-15(14(9-11)21(23)24)25-13-6-4-12(19)5-7-13/h3-10H,2H2,1H3. The molecule has 0 aliphatic carbocycles. The van der Waals surface area contributed by atoms with E-state index in [1.165, 1.54) is 41.3 Å². The highest BCUT2D eigenvalue weighted by atomic mass is 32.2. The van der Waals surface area contributed by atoms with E-state index in [-0.39, 0.29) is 23.1 Å². The van der Waals surface area contributed by atoms with Gasteiger partial charge in [0, 0.05) is 12.6 Å². The highest BCUT2D eigenvalue weighted by molar-refractivity contribution is 8.26. The number of nitro groups is 1. The SMILES string of the molecule is CCN1C(=O)C(=Cc2ccc(Oc3ccc(F)cc3)c([N+](=O)[O-])c2)SC1=S. The summed E-state index contributed by atoms with van der Waals surface area (Å²) >= 11 is 6.31. The van der Waals surface area contributed by atoms with E-state index in [2.05, 4.69) is 0 Å². The van der Waals surface area contributed by atoms with E-state index in [1.54, 1.807) is 12.1 Å². The Hall–Kier alpha value is -2.78. The van der Waals surface area contributed by atoms with Crippen LogP contribution in [-0.2, 0) is 4.79 Å². The van der Waals surface area contributed by atoms with Gasteiger partial charge in [0.1, 0.15) is 15.9 Å². The minimum atomic E-state index is -0.576. The van der Waals surface area contributed by atoms with Gasteiger partial charge < -0.3 is 4.74 Å². The summed E-state index contributed by atoms with van der Waals surface area (Å²) in [4.78, 5) is 25.0. The lowest BCUT2D eigenvalue weighted by molar-refractivity contribution is -0.385. The molecule has 0 N–H and O–H groups in total. The smallest absolute Gasteiger partial charge is 0.312 e. The Kier molecular flexibility index (Phi) is 5.52. The molecule has 6 nitrogen and oxygen atoms in total. The zero-order chi connectivity index (χ0) is 19.6. The number of hydrogen-bond acceptors (Lipinski definition) is 6. The molecule has 1 amide bonds. The van der Waals surface area contributed by atoms with Crippen molar-refractivity contribution in [2.75, 3.05) is 6.54 Å². The number of amides is 1. The average molecular weight is 404 g/mol. The summed E-state index contributed by atoms with van der Waals surface area (Å²) < 4.78 is 18.9. The number of carbonyl (C=O) groups is 1. The Bertz CT molecular complexity index is 960.